The lowest BCUT2D eigenvalue weighted by Crippen LogP contribution is -2.36. The number of aryl methyl sites for hydroxylation is 1. The van der Waals surface area contributed by atoms with E-state index in [2.05, 4.69) is 15.3 Å². The number of aromatic nitrogens is 2. The van der Waals surface area contributed by atoms with Crippen LogP contribution in [0.5, 0.6) is 0 Å². The Bertz CT molecular complexity index is 871. The SMILES string of the molecule is CCOC(=O)c1ccc(C)nc1-c1csc([C@@H](NC(=O)OC(C)(C)C)C(C)C)n1. The van der Waals surface area contributed by atoms with Crippen LogP contribution in [-0.4, -0.2) is 34.2 Å². The normalized spacial score (nSPS) is 12.6. The molecule has 2 rings (SSSR count). The van der Waals surface area contributed by atoms with Crippen LogP contribution >= 0.6 is 11.3 Å². The average Bonchev–Trinajstić information content (AvgIpc) is 3.07. The van der Waals surface area contributed by atoms with Gasteiger partial charge in [0.25, 0.3) is 0 Å². The van der Waals surface area contributed by atoms with Crippen molar-refractivity contribution >= 4 is 23.4 Å². The first-order valence-corrected chi connectivity index (χ1v) is 10.5. The van der Waals surface area contributed by atoms with Gasteiger partial charge < -0.3 is 14.8 Å². The van der Waals surface area contributed by atoms with Crippen LogP contribution in [-0.2, 0) is 9.47 Å². The van der Waals surface area contributed by atoms with Gasteiger partial charge in [0, 0.05) is 11.1 Å². The zero-order valence-electron chi connectivity index (χ0n) is 18.0. The van der Waals surface area contributed by atoms with Crippen molar-refractivity contribution in [1.82, 2.24) is 15.3 Å². The van der Waals surface area contributed by atoms with Gasteiger partial charge in [-0.05, 0) is 52.7 Å². The number of nitrogens with one attached hydrogen (secondary N) is 1. The summed E-state index contributed by atoms with van der Waals surface area (Å²) >= 11 is 1.41. The molecule has 0 aliphatic heterocycles. The van der Waals surface area contributed by atoms with E-state index < -0.39 is 17.7 Å². The summed E-state index contributed by atoms with van der Waals surface area (Å²) in [6, 6.07) is 3.15. The molecule has 0 bridgehead atoms. The third-order valence-corrected chi connectivity index (χ3v) is 4.83. The van der Waals surface area contributed by atoms with Crippen LogP contribution in [0.4, 0.5) is 4.79 Å². The van der Waals surface area contributed by atoms with E-state index in [1.807, 2.05) is 46.9 Å². The average molecular weight is 420 g/mol. The number of alkyl carbamates (subject to hydrolysis) is 1. The predicted octanol–water partition coefficient (Wildman–Crippen LogP) is 4.91. The van der Waals surface area contributed by atoms with Crippen LogP contribution in [0.3, 0.4) is 0 Å². The van der Waals surface area contributed by atoms with Crippen molar-refractivity contribution in [3.63, 3.8) is 0 Å². The van der Waals surface area contributed by atoms with E-state index in [9.17, 15) is 9.59 Å². The molecular formula is C21H29N3O4S. The van der Waals surface area contributed by atoms with Crippen LogP contribution in [0.2, 0.25) is 0 Å². The van der Waals surface area contributed by atoms with Gasteiger partial charge >= 0.3 is 12.1 Å². The molecule has 7 nitrogen and oxygen atoms in total. The molecule has 1 atom stereocenters. The predicted molar refractivity (Wildman–Crippen MR) is 113 cm³/mol. The molecule has 0 spiro atoms. The van der Waals surface area contributed by atoms with Gasteiger partial charge in [-0.15, -0.1) is 11.3 Å². The van der Waals surface area contributed by atoms with Gasteiger partial charge in [0.2, 0.25) is 0 Å². The highest BCUT2D eigenvalue weighted by Gasteiger charge is 2.26. The number of rotatable bonds is 6. The molecule has 8 heteroatoms. The summed E-state index contributed by atoms with van der Waals surface area (Å²) in [5.74, 6) is -0.339. The Hall–Kier alpha value is -2.48. The highest BCUT2D eigenvalue weighted by Crippen LogP contribution is 2.30. The molecule has 2 aromatic heterocycles. The molecule has 0 unspecified atom stereocenters. The number of hydrogen-bond donors (Lipinski definition) is 1. The Morgan fingerprint density at radius 3 is 2.48 bits per heavy atom. The molecule has 29 heavy (non-hydrogen) atoms. The summed E-state index contributed by atoms with van der Waals surface area (Å²) in [6.45, 7) is 13.3. The number of nitrogens with zero attached hydrogens (tertiary/aromatic N) is 2. The first kappa shape index (κ1) is 22.8. The zero-order chi connectivity index (χ0) is 21.8. The van der Waals surface area contributed by atoms with Gasteiger partial charge in [-0.3, -0.25) is 4.98 Å². The van der Waals surface area contributed by atoms with Crippen molar-refractivity contribution in [2.24, 2.45) is 5.92 Å². The number of amides is 1. The fraction of sp³-hybridized carbons (Fsp3) is 0.524. The molecular weight excluding hydrogens is 390 g/mol. The molecule has 158 valence electrons. The van der Waals surface area contributed by atoms with Crippen molar-refractivity contribution in [2.75, 3.05) is 6.61 Å². The summed E-state index contributed by atoms with van der Waals surface area (Å²) < 4.78 is 10.5. The van der Waals surface area contributed by atoms with Crippen molar-refractivity contribution < 1.29 is 19.1 Å². The van der Waals surface area contributed by atoms with E-state index in [4.69, 9.17) is 9.47 Å². The minimum atomic E-state index is -0.584. The molecule has 0 aliphatic carbocycles. The smallest absolute Gasteiger partial charge is 0.408 e. The van der Waals surface area contributed by atoms with E-state index in [1.54, 1.807) is 19.1 Å². The highest BCUT2D eigenvalue weighted by molar-refractivity contribution is 7.10. The highest BCUT2D eigenvalue weighted by atomic mass is 32.1. The number of carbonyl (C=O) groups excluding carboxylic acids is 2. The van der Waals surface area contributed by atoms with E-state index in [1.165, 1.54) is 11.3 Å². The maximum atomic E-state index is 12.3. The molecule has 2 heterocycles. The maximum Gasteiger partial charge on any atom is 0.408 e. The Morgan fingerprint density at radius 1 is 1.21 bits per heavy atom. The second kappa shape index (κ2) is 9.35. The minimum absolute atomic E-state index is 0.0940. The van der Waals surface area contributed by atoms with Gasteiger partial charge in [-0.2, -0.15) is 0 Å². The first-order chi connectivity index (χ1) is 13.5. The number of esters is 1. The molecule has 1 N–H and O–H groups in total. The lowest BCUT2D eigenvalue weighted by atomic mass is 10.1. The molecule has 2 aromatic rings. The topological polar surface area (TPSA) is 90.4 Å². The van der Waals surface area contributed by atoms with E-state index in [0.717, 1.165) is 10.7 Å². The second-order valence-corrected chi connectivity index (χ2v) is 8.90. The molecule has 1 amide bonds. The molecule has 0 radical (unpaired) electrons. The van der Waals surface area contributed by atoms with Gasteiger partial charge in [0.1, 0.15) is 22.0 Å². The Kier molecular flexibility index (Phi) is 7.35. The summed E-state index contributed by atoms with van der Waals surface area (Å²) in [4.78, 5) is 33.7. The molecule has 0 aliphatic rings. The number of hydrogen-bond acceptors (Lipinski definition) is 7. The monoisotopic (exact) mass is 419 g/mol. The first-order valence-electron chi connectivity index (χ1n) is 9.62. The minimum Gasteiger partial charge on any atom is -0.462 e. The van der Waals surface area contributed by atoms with Gasteiger partial charge in [0.15, 0.2) is 0 Å². The zero-order valence-corrected chi connectivity index (χ0v) is 18.8. The number of ether oxygens (including phenoxy) is 2. The number of carbonyl (C=O) groups is 2. The van der Waals surface area contributed by atoms with Crippen LogP contribution in [0, 0.1) is 12.8 Å². The largest absolute Gasteiger partial charge is 0.462 e. The fourth-order valence-corrected chi connectivity index (χ4v) is 3.64. The lowest BCUT2D eigenvalue weighted by molar-refractivity contribution is 0.0487. The van der Waals surface area contributed by atoms with Crippen molar-refractivity contribution in [2.45, 2.75) is 60.1 Å². The Morgan fingerprint density at radius 2 is 1.90 bits per heavy atom. The standard InChI is InChI=1S/C21H29N3O4S/c1-8-27-19(25)14-10-9-13(4)22-17(14)15-11-29-18(23-15)16(12(2)3)24-20(26)28-21(5,6)7/h9-12,16H,8H2,1-7H3,(H,24,26)/t16-/m0/s1. The molecule has 0 fully saturated rings. The van der Waals surface area contributed by atoms with Crippen LogP contribution in [0.15, 0.2) is 17.5 Å². The summed E-state index contributed by atoms with van der Waals surface area (Å²) in [7, 11) is 0. The van der Waals surface area contributed by atoms with Crippen LogP contribution < -0.4 is 5.32 Å². The van der Waals surface area contributed by atoms with Crippen LogP contribution in [0.25, 0.3) is 11.4 Å². The van der Waals surface area contributed by atoms with E-state index in [0.29, 0.717) is 17.0 Å². The van der Waals surface area contributed by atoms with E-state index >= 15 is 0 Å². The molecule has 0 saturated carbocycles. The Labute approximate surface area is 175 Å². The Balaban J connectivity index is 2.34. The van der Waals surface area contributed by atoms with Crippen LogP contribution in [0.1, 0.15) is 68.6 Å². The van der Waals surface area contributed by atoms with Crippen molar-refractivity contribution in [3.8, 4) is 11.4 Å². The van der Waals surface area contributed by atoms with E-state index in [-0.39, 0.29) is 18.6 Å². The number of thiazole rings is 1. The summed E-state index contributed by atoms with van der Waals surface area (Å²) in [5, 5.41) is 5.46. The number of pyridine rings is 1. The van der Waals surface area contributed by atoms with Crippen molar-refractivity contribution in [3.05, 3.63) is 33.8 Å². The third-order valence-electron chi connectivity index (χ3n) is 3.90. The quantitative estimate of drug-likeness (QED) is 0.669. The van der Waals surface area contributed by atoms with Gasteiger partial charge in [0.05, 0.1) is 18.2 Å². The fourth-order valence-electron chi connectivity index (χ4n) is 2.61. The third kappa shape index (κ3) is 6.25. The summed E-state index contributed by atoms with van der Waals surface area (Å²) in [6.07, 6.45) is -0.492. The molecule has 0 aromatic carbocycles. The lowest BCUT2D eigenvalue weighted by Gasteiger charge is -2.24. The second-order valence-electron chi connectivity index (χ2n) is 8.01. The van der Waals surface area contributed by atoms with Gasteiger partial charge in [-0.1, -0.05) is 13.8 Å². The summed E-state index contributed by atoms with van der Waals surface area (Å²) in [5.41, 5.74) is 1.61. The maximum absolute atomic E-state index is 12.3. The van der Waals surface area contributed by atoms with Crippen molar-refractivity contribution in [1.29, 1.82) is 0 Å². The molecule has 0 saturated heterocycles. The van der Waals surface area contributed by atoms with Gasteiger partial charge in [-0.25, -0.2) is 14.6 Å².